The van der Waals surface area contributed by atoms with E-state index < -0.39 is 11.7 Å². The Labute approximate surface area is 183 Å². The quantitative estimate of drug-likeness (QED) is 0.645. The number of hydrogen-bond donors (Lipinski definition) is 1. The summed E-state index contributed by atoms with van der Waals surface area (Å²) in [4.78, 5) is 35.9. The van der Waals surface area contributed by atoms with Crippen molar-refractivity contribution in [2.24, 2.45) is 4.99 Å². The maximum absolute atomic E-state index is 13.8. The first-order valence-corrected chi connectivity index (χ1v) is 9.93. The molecule has 0 aliphatic carbocycles. The summed E-state index contributed by atoms with van der Waals surface area (Å²) in [6, 6.07) is 14.9. The summed E-state index contributed by atoms with van der Waals surface area (Å²) in [5, 5.41) is 3.21. The summed E-state index contributed by atoms with van der Waals surface area (Å²) in [5.41, 5.74) is 2.58. The molecule has 1 aromatic heterocycles. The third-order valence-corrected chi connectivity index (χ3v) is 5.08. The Hall–Kier alpha value is -3.58. The molecule has 0 unspecified atom stereocenters. The van der Waals surface area contributed by atoms with Gasteiger partial charge in [-0.3, -0.25) is 14.5 Å². The third kappa shape index (κ3) is 4.62. The second kappa shape index (κ2) is 8.65. The van der Waals surface area contributed by atoms with Gasteiger partial charge in [-0.2, -0.15) is 0 Å². The fourth-order valence-corrected chi connectivity index (χ4v) is 3.34. The van der Waals surface area contributed by atoms with Crippen LogP contribution in [0, 0.1) is 12.7 Å². The van der Waals surface area contributed by atoms with Crippen LogP contribution in [0.4, 0.5) is 21.6 Å². The van der Waals surface area contributed by atoms with Crippen LogP contribution < -0.4 is 10.2 Å². The van der Waals surface area contributed by atoms with E-state index in [0.717, 1.165) is 5.56 Å². The van der Waals surface area contributed by atoms with Gasteiger partial charge in [0, 0.05) is 16.9 Å². The fourth-order valence-electron chi connectivity index (χ4n) is 3.21. The van der Waals surface area contributed by atoms with Crippen molar-refractivity contribution in [2.45, 2.75) is 13.3 Å². The molecule has 0 saturated heterocycles. The van der Waals surface area contributed by atoms with E-state index in [1.165, 1.54) is 17.2 Å². The summed E-state index contributed by atoms with van der Waals surface area (Å²) < 4.78 is 13.8. The van der Waals surface area contributed by atoms with Gasteiger partial charge in [0.1, 0.15) is 18.0 Å². The molecule has 31 heavy (non-hydrogen) atoms. The number of anilines is 2. The third-order valence-electron chi connectivity index (χ3n) is 4.83. The van der Waals surface area contributed by atoms with Gasteiger partial charge in [0.25, 0.3) is 0 Å². The van der Waals surface area contributed by atoms with Crippen molar-refractivity contribution in [3.63, 3.8) is 0 Å². The highest BCUT2D eigenvalue weighted by atomic mass is 35.5. The van der Waals surface area contributed by atoms with E-state index in [-0.39, 0.29) is 18.9 Å². The SMILES string of the molecule is Cc1ccc(NC(=O)CN2C(=O)CC(c3ccc(Cl)cc3)=Nc3cccnc32)cc1F. The normalized spacial score (nSPS) is 13.3. The Balaban J connectivity index is 1.59. The first kappa shape index (κ1) is 20.7. The summed E-state index contributed by atoms with van der Waals surface area (Å²) in [5.74, 6) is -0.919. The van der Waals surface area contributed by atoms with Gasteiger partial charge >= 0.3 is 0 Å². The molecule has 0 saturated carbocycles. The zero-order chi connectivity index (χ0) is 22.0. The highest BCUT2D eigenvalue weighted by Crippen LogP contribution is 2.31. The zero-order valence-corrected chi connectivity index (χ0v) is 17.4. The molecule has 0 spiro atoms. The molecule has 156 valence electrons. The Morgan fingerprint density at radius 2 is 1.97 bits per heavy atom. The van der Waals surface area contributed by atoms with E-state index >= 15 is 0 Å². The van der Waals surface area contributed by atoms with Crippen molar-refractivity contribution in [3.05, 3.63) is 82.8 Å². The number of carbonyl (C=O) groups is 2. The first-order chi connectivity index (χ1) is 14.9. The maximum atomic E-state index is 13.8. The molecule has 2 heterocycles. The molecule has 2 aromatic carbocycles. The topological polar surface area (TPSA) is 74.7 Å². The molecule has 6 nitrogen and oxygen atoms in total. The van der Waals surface area contributed by atoms with Crippen molar-refractivity contribution < 1.29 is 14.0 Å². The molecular weight excluding hydrogens is 419 g/mol. The number of aryl methyl sites for hydroxylation is 1. The van der Waals surface area contributed by atoms with Crippen LogP contribution in [0.2, 0.25) is 5.02 Å². The molecule has 0 fully saturated rings. The van der Waals surface area contributed by atoms with Crippen molar-refractivity contribution in [2.75, 3.05) is 16.8 Å². The van der Waals surface area contributed by atoms with E-state index in [4.69, 9.17) is 11.6 Å². The molecule has 8 heteroatoms. The molecule has 1 aliphatic heterocycles. The van der Waals surface area contributed by atoms with Crippen LogP contribution in [0.25, 0.3) is 0 Å². The minimum atomic E-state index is -0.469. The van der Waals surface area contributed by atoms with E-state index in [9.17, 15) is 14.0 Å². The van der Waals surface area contributed by atoms with Gasteiger partial charge in [-0.25, -0.2) is 14.4 Å². The number of aliphatic imine (C=N–C) groups is 1. The molecule has 3 aromatic rings. The number of aromatic nitrogens is 1. The van der Waals surface area contributed by atoms with E-state index in [1.54, 1.807) is 55.5 Å². The molecule has 0 atom stereocenters. The molecule has 0 radical (unpaired) electrons. The number of nitrogens with one attached hydrogen (secondary N) is 1. The van der Waals surface area contributed by atoms with E-state index in [0.29, 0.717) is 33.5 Å². The van der Waals surface area contributed by atoms with Crippen molar-refractivity contribution in [1.82, 2.24) is 4.98 Å². The zero-order valence-electron chi connectivity index (χ0n) is 16.6. The Bertz CT molecular complexity index is 1190. The highest BCUT2D eigenvalue weighted by Gasteiger charge is 2.27. The van der Waals surface area contributed by atoms with E-state index in [2.05, 4.69) is 15.3 Å². The largest absolute Gasteiger partial charge is 0.324 e. The minimum Gasteiger partial charge on any atom is -0.324 e. The van der Waals surface area contributed by atoms with Gasteiger partial charge in [0.05, 0.1) is 12.1 Å². The van der Waals surface area contributed by atoms with Crippen molar-refractivity contribution >= 4 is 46.3 Å². The Kier molecular flexibility index (Phi) is 5.77. The molecule has 4 rings (SSSR count). The smallest absolute Gasteiger partial charge is 0.244 e. The number of benzene rings is 2. The summed E-state index contributed by atoms with van der Waals surface area (Å²) in [7, 11) is 0. The minimum absolute atomic E-state index is 0.00949. The van der Waals surface area contributed by atoms with Crippen LogP contribution in [-0.4, -0.2) is 29.1 Å². The van der Waals surface area contributed by atoms with Gasteiger partial charge in [0.2, 0.25) is 11.8 Å². The summed E-state index contributed by atoms with van der Waals surface area (Å²) >= 11 is 5.96. The number of halogens is 2. The first-order valence-electron chi connectivity index (χ1n) is 9.55. The lowest BCUT2D eigenvalue weighted by molar-refractivity contribution is -0.120. The second-order valence-electron chi connectivity index (χ2n) is 7.08. The van der Waals surface area contributed by atoms with Crippen LogP contribution in [-0.2, 0) is 9.59 Å². The van der Waals surface area contributed by atoms with Gasteiger partial charge < -0.3 is 5.32 Å². The van der Waals surface area contributed by atoms with Gasteiger partial charge in [-0.05, 0) is 54.4 Å². The predicted molar refractivity (Wildman–Crippen MR) is 119 cm³/mol. The molecule has 0 bridgehead atoms. The number of nitrogens with zero attached hydrogens (tertiary/aromatic N) is 3. The lowest BCUT2D eigenvalue weighted by Crippen LogP contribution is -2.39. The lowest BCUT2D eigenvalue weighted by atomic mass is 10.1. The average molecular weight is 437 g/mol. The van der Waals surface area contributed by atoms with Gasteiger partial charge in [0.15, 0.2) is 5.82 Å². The molecule has 1 N–H and O–H groups in total. The average Bonchev–Trinajstić information content (AvgIpc) is 2.88. The second-order valence-corrected chi connectivity index (χ2v) is 7.52. The van der Waals surface area contributed by atoms with Crippen molar-refractivity contribution in [3.8, 4) is 0 Å². The van der Waals surface area contributed by atoms with Crippen LogP contribution in [0.15, 0.2) is 65.8 Å². The van der Waals surface area contributed by atoms with Crippen LogP contribution in [0.5, 0.6) is 0 Å². The number of pyridine rings is 1. The van der Waals surface area contributed by atoms with E-state index in [1.807, 2.05) is 0 Å². The molecule has 1 aliphatic rings. The van der Waals surface area contributed by atoms with Crippen LogP contribution in [0.3, 0.4) is 0 Å². The number of carbonyl (C=O) groups excluding carboxylic acids is 2. The number of fused-ring (bicyclic) bond motifs is 1. The number of amides is 2. The number of rotatable bonds is 4. The predicted octanol–water partition coefficient (Wildman–Crippen LogP) is 4.68. The lowest BCUT2D eigenvalue weighted by Gasteiger charge is -2.20. The summed E-state index contributed by atoms with van der Waals surface area (Å²) in [6.45, 7) is 1.36. The van der Waals surface area contributed by atoms with Gasteiger partial charge in [-0.15, -0.1) is 0 Å². The van der Waals surface area contributed by atoms with Crippen molar-refractivity contribution in [1.29, 1.82) is 0 Å². The number of hydrogen-bond acceptors (Lipinski definition) is 4. The Morgan fingerprint density at radius 1 is 1.19 bits per heavy atom. The molecular formula is C23H18ClFN4O2. The summed E-state index contributed by atoms with van der Waals surface area (Å²) in [6.07, 6.45) is 1.53. The highest BCUT2D eigenvalue weighted by molar-refractivity contribution is 6.30. The Morgan fingerprint density at radius 3 is 2.71 bits per heavy atom. The molecule has 2 amide bonds. The fraction of sp³-hybridized carbons (Fsp3) is 0.130. The van der Waals surface area contributed by atoms with Crippen LogP contribution in [0.1, 0.15) is 17.5 Å². The van der Waals surface area contributed by atoms with Gasteiger partial charge in [-0.1, -0.05) is 29.8 Å². The standard InChI is InChI=1S/C23H18ClFN4O2/c1-14-4-9-17(11-18(14)25)27-21(30)13-29-22(31)12-20(15-5-7-16(24)8-6-15)28-19-3-2-10-26-23(19)29/h2-11H,12-13H2,1H3,(H,27,30). The maximum Gasteiger partial charge on any atom is 0.244 e. The van der Waals surface area contributed by atoms with Crippen LogP contribution >= 0.6 is 11.6 Å². The monoisotopic (exact) mass is 436 g/mol.